The van der Waals surface area contributed by atoms with Crippen molar-refractivity contribution in [2.75, 3.05) is 10.7 Å². The first-order chi connectivity index (χ1) is 13.8. The van der Waals surface area contributed by atoms with Crippen molar-refractivity contribution in [1.82, 2.24) is 4.98 Å². The van der Waals surface area contributed by atoms with E-state index in [0.29, 0.717) is 10.7 Å². The van der Waals surface area contributed by atoms with Gasteiger partial charge in [0.05, 0.1) is 17.6 Å². The van der Waals surface area contributed by atoms with Crippen LogP contribution >= 0.6 is 11.3 Å². The van der Waals surface area contributed by atoms with Gasteiger partial charge in [0.1, 0.15) is 11.4 Å². The Morgan fingerprint density at radius 2 is 1.97 bits per heavy atom. The molecule has 0 fully saturated rings. The number of anilines is 2. The van der Waals surface area contributed by atoms with Gasteiger partial charge < -0.3 is 4.74 Å². The van der Waals surface area contributed by atoms with E-state index in [2.05, 4.69) is 20.8 Å². The molecule has 0 spiro atoms. The average Bonchev–Trinajstić information content (AvgIpc) is 3.12. The van der Waals surface area contributed by atoms with Crippen LogP contribution in [0.2, 0.25) is 0 Å². The van der Waals surface area contributed by atoms with Crippen LogP contribution in [0.4, 0.5) is 20.0 Å². The fourth-order valence-electron chi connectivity index (χ4n) is 2.36. The van der Waals surface area contributed by atoms with E-state index in [0.717, 1.165) is 11.3 Å². The van der Waals surface area contributed by atoms with E-state index in [4.69, 9.17) is 4.74 Å². The first kappa shape index (κ1) is 20.5. The molecule has 0 aliphatic rings. The SMILES string of the molecule is CC(C)(C)OC(=O)Nc1ccc(C=NNc2nc(-c3ccccc3)cs2)cc1F. The van der Waals surface area contributed by atoms with Crippen LogP contribution < -0.4 is 10.7 Å². The predicted molar refractivity (Wildman–Crippen MR) is 115 cm³/mol. The van der Waals surface area contributed by atoms with Crippen LogP contribution in [0, 0.1) is 5.82 Å². The van der Waals surface area contributed by atoms with E-state index in [-0.39, 0.29) is 5.69 Å². The lowest BCUT2D eigenvalue weighted by Crippen LogP contribution is -2.27. The number of benzene rings is 2. The number of rotatable bonds is 5. The summed E-state index contributed by atoms with van der Waals surface area (Å²) in [5.41, 5.74) is 4.64. The zero-order valence-corrected chi connectivity index (χ0v) is 17.1. The maximum absolute atomic E-state index is 14.2. The standard InChI is InChI=1S/C21H21FN4O2S/c1-21(2,3)28-20(27)25-17-10-9-14(11-16(17)22)12-23-26-19-24-18(13-29-19)15-7-5-4-6-8-15/h4-13H,1-3H3,(H,24,26)(H,25,27). The Hall–Kier alpha value is -3.26. The van der Waals surface area contributed by atoms with Gasteiger partial charge in [0.2, 0.25) is 5.13 Å². The highest BCUT2D eigenvalue weighted by Gasteiger charge is 2.17. The summed E-state index contributed by atoms with van der Waals surface area (Å²) in [6, 6.07) is 14.2. The molecule has 1 heterocycles. The van der Waals surface area contributed by atoms with Crippen molar-refractivity contribution < 1.29 is 13.9 Å². The van der Waals surface area contributed by atoms with Crippen LogP contribution in [0.15, 0.2) is 59.0 Å². The zero-order chi connectivity index (χ0) is 20.9. The number of hydrazone groups is 1. The summed E-state index contributed by atoms with van der Waals surface area (Å²) < 4.78 is 19.3. The van der Waals surface area contributed by atoms with Gasteiger partial charge in [-0.05, 0) is 38.5 Å². The number of carbonyl (C=O) groups is 1. The summed E-state index contributed by atoms with van der Waals surface area (Å²) in [6.07, 6.45) is 0.765. The molecular weight excluding hydrogens is 391 g/mol. The highest BCUT2D eigenvalue weighted by atomic mass is 32.1. The molecule has 2 N–H and O–H groups in total. The molecule has 3 aromatic rings. The van der Waals surface area contributed by atoms with Crippen LogP contribution in [-0.2, 0) is 4.74 Å². The third-order valence-electron chi connectivity index (χ3n) is 3.58. The minimum Gasteiger partial charge on any atom is -0.444 e. The number of aromatic nitrogens is 1. The molecule has 1 amide bonds. The lowest BCUT2D eigenvalue weighted by Gasteiger charge is -2.19. The average molecular weight is 412 g/mol. The molecule has 0 radical (unpaired) electrons. The minimum absolute atomic E-state index is 0.0387. The molecule has 0 aliphatic carbocycles. The third kappa shape index (κ3) is 6.11. The zero-order valence-electron chi connectivity index (χ0n) is 16.3. The monoisotopic (exact) mass is 412 g/mol. The van der Waals surface area contributed by atoms with E-state index in [1.165, 1.54) is 29.7 Å². The lowest BCUT2D eigenvalue weighted by molar-refractivity contribution is 0.0635. The first-order valence-corrected chi connectivity index (χ1v) is 9.78. The van der Waals surface area contributed by atoms with Crippen LogP contribution in [0.3, 0.4) is 0 Å². The van der Waals surface area contributed by atoms with E-state index < -0.39 is 17.5 Å². The summed E-state index contributed by atoms with van der Waals surface area (Å²) in [4.78, 5) is 16.2. The largest absolute Gasteiger partial charge is 0.444 e. The highest BCUT2D eigenvalue weighted by molar-refractivity contribution is 7.14. The number of thiazole rings is 1. The minimum atomic E-state index is -0.711. The number of nitrogens with one attached hydrogen (secondary N) is 2. The number of amides is 1. The van der Waals surface area contributed by atoms with Crippen molar-refractivity contribution >= 4 is 34.5 Å². The molecule has 6 nitrogen and oxygen atoms in total. The molecule has 150 valence electrons. The van der Waals surface area contributed by atoms with Crippen LogP contribution in [0.1, 0.15) is 26.3 Å². The molecule has 29 heavy (non-hydrogen) atoms. The summed E-state index contributed by atoms with van der Waals surface area (Å²) in [5, 5.41) is 9.05. The molecule has 8 heteroatoms. The van der Waals surface area contributed by atoms with Gasteiger partial charge in [0, 0.05) is 10.9 Å². The quantitative estimate of drug-likeness (QED) is 0.414. The normalized spacial score (nSPS) is 11.4. The van der Waals surface area contributed by atoms with Gasteiger partial charge in [-0.1, -0.05) is 36.4 Å². The summed E-state index contributed by atoms with van der Waals surface area (Å²) in [7, 11) is 0. The number of nitrogens with zero attached hydrogens (tertiary/aromatic N) is 2. The van der Waals surface area contributed by atoms with E-state index in [1.54, 1.807) is 26.8 Å². The molecule has 0 unspecified atom stereocenters. The molecule has 0 saturated heterocycles. The molecule has 0 aliphatic heterocycles. The molecule has 1 aromatic heterocycles. The van der Waals surface area contributed by atoms with Crippen molar-refractivity contribution in [3.63, 3.8) is 0 Å². The van der Waals surface area contributed by atoms with Crippen molar-refractivity contribution in [3.8, 4) is 11.3 Å². The molecule has 0 bridgehead atoms. The van der Waals surface area contributed by atoms with Gasteiger partial charge >= 0.3 is 6.09 Å². The number of ether oxygens (including phenoxy) is 1. The summed E-state index contributed by atoms with van der Waals surface area (Å²) >= 11 is 1.42. The maximum Gasteiger partial charge on any atom is 0.412 e. The van der Waals surface area contributed by atoms with Crippen molar-refractivity contribution in [3.05, 3.63) is 65.3 Å². The Morgan fingerprint density at radius 3 is 2.66 bits per heavy atom. The number of halogens is 1. The second-order valence-corrected chi connectivity index (χ2v) is 8.00. The van der Waals surface area contributed by atoms with Gasteiger partial charge in [-0.25, -0.2) is 14.2 Å². The fourth-order valence-corrected chi connectivity index (χ4v) is 3.02. The lowest BCUT2D eigenvalue weighted by atomic mass is 10.2. The molecule has 3 rings (SSSR count). The van der Waals surface area contributed by atoms with Crippen LogP contribution in [0.5, 0.6) is 0 Å². The Labute approximate surface area is 172 Å². The number of carbonyl (C=O) groups excluding carboxylic acids is 1. The van der Waals surface area contributed by atoms with E-state index in [1.807, 2.05) is 35.7 Å². The maximum atomic E-state index is 14.2. The topological polar surface area (TPSA) is 75.6 Å². The van der Waals surface area contributed by atoms with Crippen molar-refractivity contribution in [2.24, 2.45) is 5.10 Å². The summed E-state index contributed by atoms with van der Waals surface area (Å²) in [6.45, 7) is 5.21. The van der Waals surface area contributed by atoms with E-state index in [9.17, 15) is 9.18 Å². The van der Waals surface area contributed by atoms with Gasteiger partial charge in [0.15, 0.2) is 0 Å². The molecular formula is C21H21FN4O2S. The number of hydrogen-bond acceptors (Lipinski definition) is 6. The predicted octanol–water partition coefficient (Wildman–Crippen LogP) is 5.74. The van der Waals surface area contributed by atoms with Crippen molar-refractivity contribution in [1.29, 1.82) is 0 Å². The fraction of sp³-hybridized carbons (Fsp3) is 0.190. The second-order valence-electron chi connectivity index (χ2n) is 7.14. The molecule has 0 saturated carbocycles. The van der Waals surface area contributed by atoms with Gasteiger partial charge in [-0.2, -0.15) is 5.10 Å². The van der Waals surface area contributed by atoms with Gasteiger partial charge in [0.25, 0.3) is 0 Å². The molecule has 0 atom stereocenters. The van der Waals surface area contributed by atoms with Crippen LogP contribution in [0.25, 0.3) is 11.3 Å². The van der Waals surface area contributed by atoms with Gasteiger partial charge in [-0.15, -0.1) is 11.3 Å². The Morgan fingerprint density at radius 1 is 1.21 bits per heavy atom. The Kier molecular flexibility index (Phi) is 6.23. The van der Waals surface area contributed by atoms with Crippen molar-refractivity contribution in [2.45, 2.75) is 26.4 Å². The Bertz CT molecular complexity index is 1010. The first-order valence-electron chi connectivity index (χ1n) is 8.90. The summed E-state index contributed by atoms with van der Waals surface area (Å²) in [5.74, 6) is -0.583. The third-order valence-corrected chi connectivity index (χ3v) is 4.32. The number of hydrogen-bond donors (Lipinski definition) is 2. The van der Waals surface area contributed by atoms with Gasteiger partial charge in [-0.3, -0.25) is 10.7 Å². The Balaban J connectivity index is 1.59. The van der Waals surface area contributed by atoms with E-state index >= 15 is 0 Å². The second kappa shape index (κ2) is 8.83. The smallest absolute Gasteiger partial charge is 0.412 e. The van der Waals surface area contributed by atoms with Crippen LogP contribution in [-0.4, -0.2) is 22.9 Å². The highest BCUT2D eigenvalue weighted by Crippen LogP contribution is 2.24. The molecule has 2 aromatic carbocycles.